The Morgan fingerprint density at radius 1 is 0.913 bits per heavy atom. The first-order valence-electron chi connectivity index (χ1n) is 8.81. The minimum Gasteiger partial charge on any atom is -0.461 e. The van der Waals surface area contributed by atoms with Crippen LogP contribution in [0.25, 0.3) is 0 Å². The molecular weight excluding hydrogens is 292 g/mol. The van der Waals surface area contributed by atoms with Crippen LogP contribution in [0.4, 0.5) is 0 Å². The molecule has 4 nitrogen and oxygen atoms in total. The summed E-state index contributed by atoms with van der Waals surface area (Å²) in [5.74, 6) is -0.822. The fourth-order valence-corrected chi connectivity index (χ4v) is 2.08. The standard InChI is InChI=1S/C19H32O4/c1-3-5-6-7-8-9-10-11-12-13-17-23-19(21)15-14-18(20)22-16-4-2/h4,13,17H,2-3,5-12,14-16H2,1H3/b17-13+. The van der Waals surface area contributed by atoms with E-state index in [1.165, 1.54) is 57.3 Å². The van der Waals surface area contributed by atoms with Crippen molar-refractivity contribution in [2.75, 3.05) is 6.61 Å². The van der Waals surface area contributed by atoms with Crippen molar-refractivity contribution in [3.8, 4) is 0 Å². The number of hydrogen-bond acceptors (Lipinski definition) is 4. The monoisotopic (exact) mass is 324 g/mol. The van der Waals surface area contributed by atoms with Crippen LogP contribution in [-0.2, 0) is 19.1 Å². The van der Waals surface area contributed by atoms with E-state index in [0.29, 0.717) is 0 Å². The van der Waals surface area contributed by atoms with E-state index in [2.05, 4.69) is 13.5 Å². The van der Waals surface area contributed by atoms with Crippen LogP contribution in [0.15, 0.2) is 25.0 Å². The molecule has 0 aliphatic rings. The summed E-state index contributed by atoms with van der Waals surface area (Å²) in [5.41, 5.74) is 0. The van der Waals surface area contributed by atoms with Gasteiger partial charge >= 0.3 is 11.9 Å². The van der Waals surface area contributed by atoms with Crippen LogP contribution in [0.2, 0.25) is 0 Å². The summed E-state index contributed by atoms with van der Waals surface area (Å²) in [6.07, 6.45) is 16.1. The number of carbonyl (C=O) groups excluding carboxylic acids is 2. The molecule has 0 spiro atoms. The van der Waals surface area contributed by atoms with Crippen LogP contribution in [-0.4, -0.2) is 18.5 Å². The normalized spacial score (nSPS) is 10.7. The Labute approximate surface area is 140 Å². The third-order valence-corrected chi connectivity index (χ3v) is 3.42. The van der Waals surface area contributed by atoms with Crippen molar-refractivity contribution >= 4 is 11.9 Å². The van der Waals surface area contributed by atoms with Gasteiger partial charge in [-0.3, -0.25) is 9.59 Å². The minimum absolute atomic E-state index is 0.0398. The number of ether oxygens (including phenoxy) is 2. The molecule has 0 fully saturated rings. The fourth-order valence-electron chi connectivity index (χ4n) is 2.08. The van der Waals surface area contributed by atoms with Crippen molar-refractivity contribution in [1.82, 2.24) is 0 Å². The number of rotatable bonds is 15. The summed E-state index contributed by atoms with van der Waals surface area (Å²) in [7, 11) is 0. The number of allylic oxidation sites excluding steroid dienone is 1. The van der Waals surface area contributed by atoms with E-state index in [1.54, 1.807) is 0 Å². The second-order valence-corrected chi connectivity index (χ2v) is 5.60. The molecule has 0 aromatic carbocycles. The summed E-state index contributed by atoms with van der Waals surface area (Å²) >= 11 is 0. The summed E-state index contributed by atoms with van der Waals surface area (Å²) in [6, 6.07) is 0. The van der Waals surface area contributed by atoms with Gasteiger partial charge in [0.25, 0.3) is 0 Å². The Morgan fingerprint density at radius 3 is 2.17 bits per heavy atom. The molecule has 0 radical (unpaired) electrons. The molecule has 0 atom stereocenters. The van der Waals surface area contributed by atoms with Gasteiger partial charge in [0.2, 0.25) is 0 Å². The summed E-state index contributed by atoms with van der Waals surface area (Å²) < 4.78 is 9.69. The maximum absolute atomic E-state index is 11.4. The molecule has 0 bridgehead atoms. The molecule has 23 heavy (non-hydrogen) atoms. The highest BCUT2D eigenvalue weighted by Gasteiger charge is 2.07. The van der Waals surface area contributed by atoms with Gasteiger partial charge in [0.1, 0.15) is 6.61 Å². The van der Waals surface area contributed by atoms with Gasteiger partial charge in [0.15, 0.2) is 0 Å². The molecule has 0 heterocycles. The van der Waals surface area contributed by atoms with Crippen molar-refractivity contribution in [2.24, 2.45) is 0 Å². The second kappa shape index (κ2) is 16.8. The van der Waals surface area contributed by atoms with Gasteiger partial charge in [0.05, 0.1) is 19.1 Å². The van der Waals surface area contributed by atoms with E-state index in [4.69, 9.17) is 9.47 Å². The summed E-state index contributed by atoms with van der Waals surface area (Å²) in [5, 5.41) is 0. The highest BCUT2D eigenvalue weighted by Crippen LogP contribution is 2.09. The smallest absolute Gasteiger partial charge is 0.311 e. The van der Waals surface area contributed by atoms with Crippen LogP contribution in [0.3, 0.4) is 0 Å². The Morgan fingerprint density at radius 2 is 1.52 bits per heavy atom. The van der Waals surface area contributed by atoms with Crippen molar-refractivity contribution < 1.29 is 19.1 Å². The number of hydrogen-bond donors (Lipinski definition) is 0. The molecule has 0 aliphatic carbocycles. The maximum Gasteiger partial charge on any atom is 0.311 e. The van der Waals surface area contributed by atoms with Crippen LogP contribution in [0.1, 0.15) is 77.6 Å². The first-order chi connectivity index (χ1) is 11.2. The molecule has 0 saturated heterocycles. The molecule has 0 N–H and O–H groups in total. The molecule has 132 valence electrons. The molecule has 0 aromatic rings. The van der Waals surface area contributed by atoms with Crippen molar-refractivity contribution in [2.45, 2.75) is 77.6 Å². The molecule has 0 unspecified atom stereocenters. The zero-order valence-corrected chi connectivity index (χ0v) is 14.6. The minimum atomic E-state index is -0.412. The lowest BCUT2D eigenvalue weighted by Gasteiger charge is -2.01. The molecule has 0 amide bonds. The molecule has 4 heteroatoms. The first-order valence-corrected chi connectivity index (χ1v) is 8.81. The van der Waals surface area contributed by atoms with E-state index in [-0.39, 0.29) is 19.4 Å². The highest BCUT2D eigenvalue weighted by atomic mass is 16.5. The molecule has 0 aromatic heterocycles. The first kappa shape index (κ1) is 21.4. The Kier molecular flexibility index (Phi) is 15.6. The van der Waals surface area contributed by atoms with Crippen molar-refractivity contribution in [3.63, 3.8) is 0 Å². The maximum atomic E-state index is 11.4. The topological polar surface area (TPSA) is 52.6 Å². The van der Waals surface area contributed by atoms with E-state index in [9.17, 15) is 9.59 Å². The van der Waals surface area contributed by atoms with Crippen molar-refractivity contribution in [3.05, 3.63) is 25.0 Å². The van der Waals surface area contributed by atoms with Gasteiger partial charge in [-0.15, -0.1) is 0 Å². The lowest BCUT2D eigenvalue weighted by Crippen LogP contribution is -2.08. The quantitative estimate of drug-likeness (QED) is 0.182. The third-order valence-electron chi connectivity index (χ3n) is 3.42. The Hall–Kier alpha value is -1.58. The second-order valence-electron chi connectivity index (χ2n) is 5.60. The SMILES string of the molecule is C=CCOC(=O)CCC(=O)O/C=C/CCCCCCCCCC. The lowest BCUT2D eigenvalue weighted by molar-refractivity contribution is -0.147. The van der Waals surface area contributed by atoms with Gasteiger partial charge in [0, 0.05) is 0 Å². The third kappa shape index (κ3) is 16.6. The lowest BCUT2D eigenvalue weighted by atomic mass is 10.1. The van der Waals surface area contributed by atoms with Gasteiger partial charge in [-0.05, 0) is 18.9 Å². The van der Waals surface area contributed by atoms with Crippen LogP contribution >= 0.6 is 0 Å². The molecular formula is C19H32O4. The predicted molar refractivity (Wildman–Crippen MR) is 92.8 cm³/mol. The fraction of sp³-hybridized carbons (Fsp3) is 0.684. The van der Waals surface area contributed by atoms with E-state index < -0.39 is 11.9 Å². The average Bonchev–Trinajstić information content (AvgIpc) is 2.56. The van der Waals surface area contributed by atoms with E-state index in [1.807, 2.05) is 6.08 Å². The number of unbranched alkanes of at least 4 members (excludes halogenated alkanes) is 8. The van der Waals surface area contributed by atoms with E-state index >= 15 is 0 Å². The van der Waals surface area contributed by atoms with Gasteiger partial charge < -0.3 is 9.47 Å². The number of esters is 2. The van der Waals surface area contributed by atoms with Gasteiger partial charge in [-0.25, -0.2) is 0 Å². The molecule has 0 saturated carbocycles. The highest BCUT2D eigenvalue weighted by molar-refractivity contribution is 5.77. The van der Waals surface area contributed by atoms with E-state index in [0.717, 1.165) is 12.8 Å². The predicted octanol–water partition coefficient (Wildman–Crippen LogP) is 5.08. The molecule has 0 aliphatic heterocycles. The summed E-state index contributed by atoms with van der Waals surface area (Å²) in [4.78, 5) is 22.6. The van der Waals surface area contributed by atoms with Crippen molar-refractivity contribution in [1.29, 1.82) is 0 Å². The molecule has 0 rings (SSSR count). The van der Waals surface area contributed by atoms with Gasteiger partial charge in [-0.2, -0.15) is 0 Å². The van der Waals surface area contributed by atoms with Crippen LogP contribution < -0.4 is 0 Å². The zero-order valence-electron chi connectivity index (χ0n) is 14.6. The van der Waals surface area contributed by atoms with Crippen LogP contribution in [0.5, 0.6) is 0 Å². The van der Waals surface area contributed by atoms with Crippen LogP contribution in [0, 0.1) is 0 Å². The van der Waals surface area contributed by atoms with Gasteiger partial charge in [-0.1, -0.05) is 64.5 Å². The largest absolute Gasteiger partial charge is 0.461 e. The summed E-state index contributed by atoms with van der Waals surface area (Å²) in [6.45, 7) is 5.85. The Bertz CT molecular complexity index is 347. The average molecular weight is 324 g/mol. The number of carbonyl (C=O) groups is 2. The Balaban J connectivity index is 3.40. The zero-order chi connectivity index (χ0) is 17.2.